The number of carbonyl (C=O) groups excluding carboxylic acids is 2. The number of hydrogen-bond donors (Lipinski definition) is 1. The molecule has 1 aromatic carbocycles. The number of rotatable bonds is 5. The number of hydrogen-bond acceptors (Lipinski definition) is 6. The Morgan fingerprint density at radius 1 is 1.00 bits per heavy atom. The lowest BCUT2D eigenvalue weighted by Crippen LogP contribution is -2.42. The Morgan fingerprint density at radius 3 is 2.38 bits per heavy atom. The van der Waals surface area contributed by atoms with Gasteiger partial charge in [0.1, 0.15) is 0 Å². The van der Waals surface area contributed by atoms with E-state index in [0.29, 0.717) is 0 Å². The minimum atomic E-state index is -1.24. The molecule has 0 saturated carbocycles. The van der Waals surface area contributed by atoms with Crippen LogP contribution in [-0.2, 0) is 31.9 Å². The summed E-state index contributed by atoms with van der Waals surface area (Å²) in [4.78, 5) is 28.3. The summed E-state index contributed by atoms with van der Waals surface area (Å²) in [7, 11) is 0. The molecule has 2 aromatic rings. The molecule has 1 aliphatic heterocycles. The molecule has 2 heterocycles. The highest BCUT2D eigenvalue weighted by atomic mass is 16.7. The fourth-order valence-corrected chi connectivity index (χ4v) is 2.62. The number of benzene rings is 1. The first-order valence-corrected chi connectivity index (χ1v) is 8.36. The molecule has 0 atom stereocenters. The number of nitrogens with one attached hydrogen (secondary N) is 1. The molecule has 0 spiro atoms. The monoisotopic (exact) mass is 352 g/mol. The van der Waals surface area contributed by atoms with E-state index in [1.807, 2.05) is 42.5 Å². The van der Waals surface area contributed by atoms with Crippen LogP contribution in [0.1, 0.15) is 25.1 Å². The number of nitrogens with zero attached hydrogens (tertiary/aromatic N) is 1. The highest BCUT2D eigenvalue weighted by Gasteiger charge is 2.38. The molecule has 6 nitrogen and oxygen atoms in total. The molecule has 0 amide bonds. The number of pyridine rings is 1. The van der Waals surface area contributed by atoms with Crippen LogP contribution in [0.15, 0.2) is 60.4 Å². The van der Waals surface area contributed by atoms with Crippen molar-refractivity contribution >= 4 is 17.6 Å². The molecule has 134 valence electrons. The number of anilines is 1. The first-order valence-electron chi connectivity index (χ1n) is 8.36. The van der Waals surface area contributed by atoms with Crippen molar-refractivity contribution in [1.29, 1.82) is 0 Å². The summed E-state index contributed by atoms with van der Waals surface area (Å²) in [5.74, 6) is -2.65. The highest BCUT2D eigenvalue weighted by molar-refractivity contribution is 6.15. The number of aromatic nitrogens is 1. The SMILES string of the molecule is CC1(C)OC(=O)C(=CNc2ccccc2CCc2ccccn2)C(=O)O1. The summed E-state index contributed by atoms with van der Waals surface area (Å²) >= 11 is 0. The van der Waals surface area contributed by atoms with E-state index in [1.54, 1.807) is 6.20 Å². The van der Waals surface area contributed by atoms with Gasteiger partial charge in [0.2, 0.25) is 0 Å². The van der Waals surface area contributed by atoms with E-state index in [2.05, 4.69) is 10.3 Å². The second kappa shape index (κ2) is 7.39. The van der Waals surface area contributed by atoms with Crippen LogP contribution in [0, 0.1) is 0 Å². The van der Waals surface area contributed by atoms with E-state index in [4.69, 9.17) is 9.47 Å². The quantitative estimate of drug-likeness (QED) is 0.506. The zero-order valence-corrected chi connectivity index (χ0v) is 14.7. The second-order valence-corrected chi connectivity index (χ2v) is 6.36. The Kier molecular flexibility index (Phi) is 5.02. The van der Waals surface area contributed by atoms with Crippen molar-refractivity contribution < 1.29 is 19.1 Å². The molecular formula is C20H20N2O4. The van der Waals surface area contributed by atoms with Crippen molar-refractivity contribution in [2.75, 3.05) is 5.32 Å². The van der Waals surface area contributed by atoms with Gasteiger partial charge in [-0.05, 0) is 36.6 Å². The van der Waals surface area contributed by atoms with E-state index in [1.165, 1.54) is 20.0 Å². The van der Waals surface area contributed by atoms with Gasteiger partial charge >= 0.3 is 11.9 Å². The number of ether oxygens (including phenoxy) is 2. The third kappa shape index (κ3) is 4.27. The highest BCUT2D eigenvalue weighted by Crippen LogP contribution is 2.23. The summed E-state index contributed by atoms with van der Waals surface area (Å²) < 4.78 is 10.2. The number of para-hydroxylation sites is 1. The second-order valence-electron chi connectivity index (χ2n) is 6.36. The maximum atomic E-state index is 12.0. The average molecular weight is 352 g/mol. The smallest absolute Gasteiger partial charge is 0.350 e. The lowest BCUT2D eigenvalue weighted by molar-refractivity contribution is -0.222. The van der Waals surface area contributed by atoms with Gasteiger partial charge in [-0.2, -0.15) is 0 Å². The van der Waals surface area contributed by atoms with Crippen LogP contribution < -0.4 is 5.32 Å². The predicted octanol–water partition coefficient (Wildman–Crippen LogP) is 3.00. The largest absolute Gasteiger partial charge is 0.419 e. The van der Waals surface area contributed by atoms with Crippen LogP contribution in [0.5, 0.6) is 0 Å². The topological polar surface area (TPSA) is 77.5 Å². The molecule has 6 heteroatoms. The van der Waals surface area contributed by atoms with Crippen LogP contribution in [0.25, 0.3) is 0 Å². The van der Waals surface area contributed by atoms with Crippen LogP contribution in [0.3, 0.4) is 0 Å². The van der Waals surface area contributed by atoms with Crippen molar-refractivity contribution in [1.82, 2.24) is 4.98 Å². The summed E-state index contributed by atoms with van der Waals surface area (Å²) in [5.41, 5.74) is 2.69. The first-order chi connectivity index (χ1) is 12.4. The zero-order chi connectivity index (χ0) is 18.6. The van der Waals surface area contributed by atoms with Gasteiger partial charge in [-0.3, -0.25) is 4.98 Å². The molecular weight excluding hydrogens is 332 g/mol. The van der Waals surface area contributed by atoms with E-state index in [0.717, 1.165) is 29.8 Å². The van der Waals surface area contributed by atoms with Gasteiger partial charge in [0.05, 0.1) is 0 Å². The molecule has 0 bridgehead atoms. The number of aryl methyl sites for hydroxylation is 2. The average Bonchev–Trinajstić information content (AvgIpc) is 2.60. The molecule has 1 aliphatic rings. The Labute approximate surface area is 151 Å². The summed E-state index contributed by atoms with van der Waals surface area (Å²) in [6, 6.07) is 13.5. The van der Waals surface area contributed by atoms with Crippen molar-refractivity contribution in [3.8, 4) is 0 Å². The molecule has 1 N–H and O–H groups in total. The van der Waals surface area contributed by atoms with Crippen LogP contribution >= 0.6 is 0 Å². The van der Waals surface area contributed by atoms with E-state index in [9.17, 15) is 9.59 Å². The van der Waals surface area contributed by atoms with Crippen LogP contribution in [0.4, 0.5) is 5.69 Å². The van der Waals surface area contributed by atoms with E-state index in [-0.39, 0.29) is 5.57 Å². The number of carbonyl (C=O) groups is 2. The van der Waals surface area contributed by atoms with E-state index < -0.39 is 17.7 Å². The molecule has 1 aromatic heterocycles. The molecule has 0 aliphatic carbocycles. The molecule has 1 saturated heterocycles. The van der Waals surface area contributed by atoms with Gasteiger partial charge in [0, 0.05) is 37.6 Å². The van der Waals surface area contributed by atoms with Gasteiger partial charge in [-0.25, -0.2) is 9.59 Å². The van der Waals surface area contributed by atoms with Gasteiger partial charge in [0.15, 0.2) is 5.57 Å². The Hall–Kier alpha value is -3.15. The summed E-state index contributed by atoms with van der Waals surface area (Å²) in [6.45, 7) is 3.03. The normalized spacial score (nSPS) is 15.8. The fourth-order valence-electron chi connectivity index (χ4n) is 2.62. The molecule has 1 fully saturated rings. The van der Waals surface area contributed by atoms with Gasteiger partial charge < -0.3 is 14.8 Å². The maximum absolute atomic E-state index is 12.0. The molecule has 26 heavy (non-hydrogen) atoms. The third-order valence-electron chi connectivity index (χ3n) is 3.88. The van der Waals surface area contributed by atoms with Crippen molar-refractivity contribution in [3.63, 3.8) is 0 Å². The lowest BCUT2D eigenvalue weighted by Gasteiger charge is -2.29. The molecule has 3 rings (SSSR count). The lowest BCUT2D eigenvalue weighted by atomic mass is 10.1. The number of esters is 2. The van der Waals surface area contributed by atoms with E-state index >= 15 is 0 Å². The summed E-state index contributed by atoms with van der Waals surface area (Å²) in [5, 5.41) is 3.02. The van der Waals surface area contributed by atoms with Crippen molar-refractivity contribution in [2.45, 2.75) is 32.5 Å². The fraction of sp³-hybridized carbons (Fsp3) is 0.250. The van der Waals surface area contributed by atoms with Crippen LogP contribution in [0.2, 0.25) is 0 Å². The predicted molar refractivity (Wildman–Crippen MR) is 96.1 cm³/mol. The first kappa shape index (κ1) is 17.7. The molecule has 0 radical (unpaired) electrons. The van der Waals surface area contributed by atoms with Crippen molar-refractivity contribution in [3.05, 3.63) is 71.7 Å². The Balaban J connectivity index is 1.72. The maximum Gasteiger partial charge on any atom is 0.350 e. The minimum absolute atomic E-state index is 0.163. The summed E-state index contributed by atoms with van der Waals surface area (Å²) in [6.07, 6.45) is 4.66. The van der Waals surface area contributed by atoms with Crippen LogP contribution in [-0.4, -0.2) is 22.7 Å². The third-order valence-corrected chi connectivity index (χ3v) is 3.88. The minimum Gasteiger partial charge on any atom is -0.419 e. The molecule has 0 unspecified atom stereocenters. The van der Waals surface area contributed by atoms with Gasteiger partial charge in [-0.15, -0.1) is 0 Å². The van der Waals surface area contributed by atoms with Crippen molar-refractivity contribution in [2.24, 2.45) is 0 Å². The number of cyclic esters (lactones) is 2. The van der Waals surface area contributed by atoms with Gasteiger partial charge in [0.25, 0.3) is 5.79 Å². The Bertz CT molecular complexity index is 822. The Morgan fingerprint density at radius 2 is 1.69 bits per heavy atom. The van der Waals surface area contributed by atoms with Gasteiger partial charge in [-0.1, -0.05) is 24.3 Å². The standard InChI is InChI=1S/C20H20N2O4/c1-20(2)25-18(23)16(19(24)26-20)13-22-17-9-4-3-7-14(17)10-11-15-8-5-6-12-21-15/h3-9,12-13,22H,10-11H2,1-2H3. The zero-order valence-electron chi connectivity index (χ0n) is 14.7.